The van der Waals surface area contributed by atoms with Crippen LogP contribution in [0.25, 0.3) is 0 Å². The van der Waals surface area contributed by atoms with Gasteiger partial charge in [0.15, 0.2) is 0 Å². The molecule has 0 amide bonds. The molecule has 1 aromatic rings. The van der Waals surface area contributed by atoms with Crippen molar-refractivity contribution in [1.82, 2.24) is 5.32 Å². The maximum Gasteiger partial charge on any atom is 0.416 e. The monoisotopic (exact) mass is 279 g/mol. The molecule has 18 heavy (non-hydrogen) atoms. The Morgan fingerprint density at radius 2 is 2.17 bits per heavy atom. The van der Waals surface area contributed by atoms with Crippen molar-refractivity contribution in [3.8, 4) is 0 Å². The van der Waals surface area contributed by atoms with Crippen LogP contribution < -0.4 is 5.32 Å². The van der Waals surface area contributed by atoms with E-state index in [0.29, 0.717) is 30.2 Å². The van der Waals surface area contributed by atoms with Crippen LogP contribution in [0, 0.1) is 0 Å². The lowest BCUT2D eigenvalue weighted by Gasteiger charge is -2.24. The highest BCUT2D eigenvalue weighted by molar-refractivity contribution is 6.31. The lowest BCUT2D eigenvalue weighted by Crippen LogP contribution is -2.39. The number of alkyl halides is 3. The zero-order chi connectivity index (χ0) is 13.2. The highest BCUT2D eigenvalue weighted by Crippen LogP contribution is 2.32. The molecular weight excluding hydrogens is 267 g/mol. The molecule has 6 heteroatoms. The van der Waals surface area contributed by atoms with Crippen molar-refractivity contribution in [2.45, 2.75) is 18.7 Å². The minimum atomic E-state index is -4.34. The summed E-state index contributed by atoms with van der Waals surface area (Å²) >= 11 is 5.92. The number of nitrogens with one attached hydrogen (secondary N) is 1. The van der Waals surface area contributed by atoms with Gasteiger partial charge in [-0.25, -0.2) is 0 Å². The van der Waals surface area contributed by atoms with Gasteiger partial charge in [-0.2, -0.15) is 13.2 Å². The summed E-state index contributed by atoms with van der Waals surface area (Å²) in [6.07, 6.45) is -4.08. The Morgan fingerprint density at radius 1 is 1.39 bits per heavy atom. The molecule has 0 aromatic heterocycles. The van der Waals surface area contributed by atoms with E-state index in [1.54, 1.807) is 0 Å². The van der Waals surface area contributed by atoms with E-state index < -0.39 is 11.7 Å². The summed E-state index contributed by atoms with van der Waals surface area (Å²) in [5, 5.41) is 3.47. The standard InChI is InChI=1S/C12H13ClF3NO/c13-11-2-1-9(12(14,15)16)5-8(11)6-10-7-17-3-4-18-10/h1-2,5,10,17H,3-4,6-7H2. The van der Waals surface area contributed by atoms with Gasteiger partial charge in [-0.15, -0.1) is 0 Å². The van der Waals surface area contributed by atoms with Gasteiger partial charge < -0.3 is 10.1 Å². The molecule has 1 atom stereocenters. The average Bonchev–Trinajstić information content (AvgIpc) is 2.32. The first kappa shape index (κ1) is 13.6. The summed E-state index contributed by atoms with van der Waals surface area (Å²) < 4.78 is 43.2. The fraction of sp³-hybridized carbons (Fsp3) is 0.500. The topological polar surface area (TPSA) is 21.3 Å². The zero-order valence-corrected chi connectivity index (χ0v) is 10.3. The van der Waals surface area contributed by atoms with Crippen LogP contribution in [0.5, 0.6) is 0 Å². The van der Waals surface area contributed by atoms with Gasteiger partial charge >= 0.3 is 6.18 Å². The first-order valence-corrected chi connectivity index (χ1v) is 6.02. The predicted octanol–water partition coefficient (Wildman–Crippen LogP) is 2.89. The summed E-state index contributed by atoms with van der Waals surface area (Å²) in [6.45, 7) is 1.97. The highest BCUT2D eigenvalue weighted by Gasteiger charge is 2.31. The first-order valence-electron chi connectivity index (χ1n) is 5.65. The lowest BCUT2D eigenvalue weighted by atomic mass is 10.0. The third kappa shape index (κ3) is 3.37. The first-order chi connectivity index (χ1) is 8.47. The fourth-order valence-electron chi connectivity index (χ4n) is 1.90. The largest absolute Gasteiger partial charge is 0.416 e. The average molecular weight is 280 g/mol. The molecule has 0 spiro atoms. The molecule has 0 bridgehead atoms. The molecule has 2 rings (SSSR count). The summed E-state index contributed by atoms with van der Waals surface area (Å²) in [6, 6.07) is 3.38. The number of hydrogen-bond donors (Lipinski definition) is 1. The second-order valence-corrected chi connectivity index (χ2v) is 4.61. The quantitative estimate of drug-likeness (QED) is 0.899. The summed E-state index contributed by atoms with van der Waals surface area (Å²) in [7, 11) is 0. The van der Waals surface area contributed by atoms with E-state index in [-0.39, 0.29) is 6.10 Å². The number of rotatable bonds is 2. The molecular formula is C12H13ClF3NO. The Bertz CT molecular complexity index is 416. The van der Waals surface area contributed by atoms with Crippen molar-refractivity contribution in [2.75, 3.05) is 19.7 Å². The van der Waals surface area contributed by atoms with Gasteiger partial charge in [-0.1, -0.05) is 11.6 Å². The van der Waals surface area contributed by atoms with E-state index in [0.717, 1.165) is 18.7 Å². The number of morpholine rings is 1. The Labute approximate surface area is 108 Å². The number of benzene rings is 1. The van der Waals surface area contributed by atoms with Crippen LogP contribution in [-0.2, 0) is 17.3 Å². The maximum atomic E-state index is 12.6. The zero-order valence-electron chi connectivity index (χ0n) is 9.56. The predicted molar refractivity (Wildman–Crippen MR) is 62.8 cm³/mol. The molecule has 1 aromatic carbocycles. The van der Waals surface area contributed by atoms with E-state index in [2.05, 4.69) is 5.32 Å². The van der Waals surface area contributed by atoms with Crippen LogP contribution in [-0.4, -0.2) is 25.8 Å². The Kier molecular flexibility index (Phi) is 4.14. The smallest absolute Gasteiger partial charge is 0.375 e. The van der Waals surface area contributed by atoms with Gasteiger partial charge in [-0.05, 0) is 23.8 Å². The van der Waals surface area contributed by atoms with Gasteiger partial charge in [-0.3, -0.25) is 0 Å². The van der Waals surface area contributed by atoms with E-state index in [4.69, 9.17) is 16.3 Å². The van der Waals surface area contributed by atoms with E-state index in [1.165, 1.54) is 6.07 Å². The molecule has 1 saturated heterocycles. The van der Waals surface area contributed by atoms with Crippen molar-refractivity contribution in [2.24, 2.45) is 0 Å². The molecule has 1 fully saturated rings. The van der Waals surface area contributed by atoms with Crippen molar-refractivity contribution in [3.05, 3.63) is 34.3 Å². The normalized spacial score (nSPS) is 21.0. The molecule has 0 aliphatic carbocycles. The lowest BCUT2D eigenvalue weighted by molar-refractivity contribution is -0.137. The van der Waals surface area contributed by atoms with E-state index in [9.17, 15) is 13.2 Å². The van der Waals surface area contributed by atoms with Crippen LogP contribution >= 0.6 is 11.6 Å². The Hall–Kier alpha value is -0.780. The molecule has 100 valence electrons. The van der Waals surface area contributed by atoms with Crippen LogP contribution in [0.3, 0.4) is 0 Å². The second-order valence-electron chi connectivity index (χ2n) is 4.20. The summed E-state index contributed by atoms with van der Waals surface area (Å²) in [4.78, 5) is 0. The molecule has 1 aliphatic heterocycles. The molecule has 2 nitrogen and oxygen atoms in total. The Morgan fingerprint density at radius 3 is 2.78 bits per heavy atom. The van der Waals surface area contributed by atoms with E-state index >= 15 is 0 Å². The molecule has 1 aliphatic rings. The molecule has 0 radical (unpaired) electrons. The molecule has 1 heterocycles. The summed E-state index contributed by atoms with van der Waals surface area (Å²) in [5.41, 5.74) is -0.203. The number of ether oxygens (including phenoxy) is 1. The maximum absolute atomic E-state index is 12.6. The van der Waals surface area contributed by atoms with Gasteiger partial charge in [0.1, 0.15) is 0 Å². The van der Waals surface area contributed by atoms with Crippen molar-refractivity contribution in [1.29, 1.82) is 0 Å². The van der Waals surface area contributed by atoms with E-state index in [1.807, 2.05) is 0 Å². The van der Waals surface area contributed by atoms with Crippen molar-refractivity contribution < 1.29 is 17.9 Å². The van der Waals surface area contributed by atoms with Crippen LogP contribution in [0.4, 0.5) is 13.2 Å². The SMILES string of the molecule is FC(F)(F)c1ccc(Cl)c(CC2CNCCO2)c1. The van der Waals surface area contributed by atoms with Gasteiger partial charge in [0.25, 0.3) is 0 Å². The third-order valence-corrected chi connectivity index (χ3v) is 3.19. The second kappa shape index (κ2) is 5.47. The Balaban J connectivity index is 2.15. The third-order valence-electron chi connectivity index (χ3n) is 2.83. The molecule has 1 unspecified atom stereocenters. The van der Waals surface area contributed by atoms with Gasteiger partial charge in [0, 0.05) is 24.5 Å². The van der Waals surface area contributed by atoms with Crippen LogP contribution in [0.1, 0.15) is 11.1 Å². The fourth-order valence-corrected chi connectivity index (χ4v) is 2.10. The van der Waals surface area contributed by atoms with Gasteiger partial charge in [0.2, 0.25) is 0 Å². The minimum absolute atomic E-state index is 0.125. The van der Waals surface area contributed by atoms with Crippen molar-refractivity contribution in [3.63, 3.8) is 0 Å². The molecule has 1 N–H and O–H groups in total. The van der Waals surface area contributed by atoms with Crippen molar-refractivity contribution >= 4 is 11.6 Å². The van der Waals surface area contributed by atoms with Crippen LogP contribution in [0.15, 0.2) is 18.2 Å². The highest BCUT2D eigenvalue weighted by atomic mass is 35.5. The molecule has 0 saturated carbocycles. The van der Waals surface area contributed by atoms with Gasteiger partial charge in [0.05, 0.1) is 18.3 Å². The minimum Gasteiger partial charge on any atom is -0.375 e. The number of hydrogen-bond acceptors (Lipinski definition) is 2. The number of halogens is 4. The summed E-state index contributed by atoms with van der Waals surface area (Å²) in [5.74, 6) is 0. The van der Waals surface area contributed by atoms with Crippen LogP contribution in [0.2, 0.25) is 5.02 Å².